The minimum atomic E-state index is -0.270. The van der Waals surface area contributed by atoms with E-state index in [1.54, 1.807) is 7.11 Å². The number of aliphatic hydroxyl groups is 1. The Balaban J connectivity index is 1.44. The average molecular weight is 331 g/mol. The maximum Gasteiger partial charge on any atom is 0.252 e. The molecule has 0 amide bonds. The molecule has 1 saturated heterocycles. The number of ether oxygens (including phenoxy) is 1. The summed E-state index contributed by atoms with van der Waals surface area (Å²) in [7, 11) is 1.61. The van der Waals surface area contributed by atoms with E-state index in [2.05, 4.69) is 27.2 Å². The predicted octanol–water partition coefficient (Wildman–Crippen LogP) is 2.03. The number of likely N-dealkylation sites (tertiary alicyclic amines) is 1. The summed E-state index contributed by atoms with van der Waals surface area (Å²) >= 11 is 0. The zero-order valence-corrected chi connectivity index (χ0v) is 14.1. The van der Waals surface area contributed by atoms with Gasteiger partial charge in [0.05, 0.1) is 12.6 Å². The van der Waals surface area contributed by atoms with Crippen molar-refractivity contribution in [2.45, 2.75) is 38.5 Å². The van der Waals surface area contributed by atoms with Crippen molar-refractivity contribution < 1.29 is 14.4 Å². The molecule has 6 nitrogen and oxygen atoms in total. The zero-order valence-electron chi connectivity index (χ0n) is 14.1. The van der Waals surface area contributed by atoms with Crippen LogP contribution in [0.1, 0.15) is 30.1 Å². The van der Waals surface area contributed by atoms with Crippen LogP contribution in [0.25, 0.3) is 0 Å². The predicted molar refractivity (Wildman–Crippen MR) is 89.2 cm³/mol. The van der Waals surface area contributed by atoms with Crippen molar-refractivity contribution in [2.24, 2.45) is 5.92 Å². The largest absolute Gasteiger partial charge is 0.392 e. The molecule has 3 rings (SSSR count). The molecule has 0 saturated carbocycles. The Morgan fingerprint density at radius 1 is 1.29 bits per heavy atom. The van der Waals surface area contributed by atoms with Gasteiger partial charge in [-0.15, -0.1) is 0 Å². The van der Waals surface area contributed by atoms with Crippen molar-refractivity contribution in [3.8, 4) is 0 Å². The van der Waals surface area contributed by atoms with Gasteiger partial charge in [0.1, 0.15) is 6.61 Å². The highest BCUT2D eigenvalue weighted by Crippen LogP contribution is 2.23. The standard InChI is InChI=1S/C18H25N3O3/c1-23-13-18-19-17(20-24-18)12-21-9-7-15(8-10-21)16(22)11-14-5-3-2-4-6-14/h2-6,15-16,22H,7-13H2,1H3/t16-/m0/s1. The Morgan fingerprint density at radius 3 is 2.75 bits per heavy atom. The molecule has 0 unspecified atom stereocenters. The fourth-order valence-electron chi connectivity index (χ4n) is 3.25. The summed E-state index contributed by atoms with van der Waals surface area (Å²) < 4.78 is 10.1. The van der Waals surface area contributed by atoms with Crippen LogP contribution in [0.5, 0.6) is 0 Å². The van der Waals surface area contributed by atoms with Crippen molar-refractivity contribution in [1.29, 1.82) is 0 Å². The summed E-state index contributed by atoms with van der Waals surface area (Å²) in [5.74, 6) is 1.57. The van der Waals surface area contributed by atoms with Crippen LogP contribution in [0, 0.1) is 5.92 Å². The maximum absolute atomic E-state index is 10.5. The molecule has 1 N–H and O–H groups in total. The summed E-state index contributed by atoms with van der Waals surface area (Å²) in [4.78, 5) is 6.62. The minimum absolute atomic E-state index is 0.270. The lowest BCUT2D eigenvalue weighted by Gasteiger charge is -2.33. The lowest BCUT2D eigenvalue weighted by molar-refractivity contribution is 0.0567. The van der Waals surface area contributed by atoms with Gasteiger partial charge in [0.2, 0.25) is 0 Å². The van der Waals surface area contributed by atoms with E-state index in [9.17, 15) is 5.11 Å². The van der Waals surface area contributed by atoms with E-state index in [1.165, 1.54) is 5.56 Å². The molecule has 0 bridgehead atoms. The van der Waals surface area contributed by atoms with Gasteiger partial charge >= 0.3 is 0 Å². The second kappa shape index (κ2) is 8.37. The minimum Gasteiger partial charge on any atom is -0.392 e. The third-order valence-corrected chi connectivity index (χ3v) is 4.61. The molecule has 1 aliphatic heterocycles. The Bertz CT molecular complexity index is 609. The van der Waals surface area contributed by atoms with Gasteiger partial charge in [0.25, 0.3) is 5.89 Å². The molecule has 0 spiro atoms. The molecule has 0 radical (unpaired) electrons. The second-order valence-electron chi connectivity index (χ2n) is 6.41. The molecule has 1 aromatic heterocycles. The average Bonchev–Trinajstić information content (AvgIpc) is 3.04. The fourth-order valence-corrected chi connectivity index (χ4v) is 3.25. The Morgan fingerprint density at radius 2 is 2.04 bits per heavy atom. The fraction of sp³-hybridized carbons (Fsp3) is 0.556. The van der Waals surface area contributed by atoms with Gasteiger partial charge in [-0.1, -0.05) is 35.5 Å². The van der Waals surface area contributed by atoms with Gasteiger partial charge in [-0.25, -0.2) is 0 Å². The van der Waals surface area contributed by atoms with Crippen LogP contribution in [0.4, 0.5) is 0 Å². The first-order chi connectivity index (χ1) is 11.7. The molecule has 2 heterocycles. The third kappa shape index (κ3) is 4.63. The number of benzene rings is 1. The molecule has 6 heteroatoms. The van der Waals surface area contributed by atoms with Crippen molar-refractivity contribution in [2.75, 3.05) is 20.2 Å². The first-order valence-electron chi connectivity index (χ1n) is 8.49. The van der Waals surface area contributed by atoms with Gasteiger partial charge in [0, 0.05) is 7.11 Å². The van der Waals surface area contributed by atoms with E-state index in [0.717, 1.165) is 32.4 Å². The van der Waals surface area contributed by atoms with E-state index in [-0.39, 0.29) is 6.10 Å². The normalized spacial score (nSPS) is 17.9. The van der Waals surface area contributed by atoms with Crippen LogP contribution in [0.2, 0.25) is 0 Å². The first-order valence-corrected chi connectivity index (χ1v) is 8.49. The summed E-state index contributed by atoms with van der Waals surface area (Å²) in [6.45, 7) is 2.94. The molecule has 24 heavy (non-hydrogen) atoms. The molecular formula is C18H25N3O3. The van der Waals surface area contributed by atoms with Crippen molar-refractivity contribution in [1.82, 2.24) is 15.0 Å². The van der Waals surface area contributed by atoms with E-state index in [1.807, 2.05) is 18.2 Å². The van der Waals surface area contributed by atoms with Crippen molar-refractivity contribution >= 4 is 0 Å². The smallest absolute Gasteiger partial charge is 0.252 e. The van der Waals surface area contributed by atoms with Crippen LogP contribution in [-0.2, 0) is 24.3 Å². The number of methoxy groups -OCH3 is 1. The number of aromatic nitrogens is 2. The number of hydrogen-bond donors (Lipinski definition) is 1. The number of nitrogens with zero attached hydrogens (tertiary/aromatic N) is 3. The highest BCUT2D eigenvalue weighted by molar-refractivity contribution is 5.15. The van der Waals surface area contributed by atoms with E-state index in [4.69, 9.17) is 9.26 Å². The van der Waals surface area contributed by atoms with Gasteiger partial charge in [0.15, 0.2) is 5.82 Å². The quantitative estimate of drug-likeness (QED) is 0.837. The molecule has 1 atom stereocenters. The third-order valence-electron chi connectivity index (χ3n) is 4.61. The topological polar surface area (TPSA) is 71.6 Å². The van der Waals surface area contributed by atoms with E-state index >= 15 is 0 Å². The number of hydrogen-bond acceptors (Lipinski definition) is 6. The van der Waals surface area contributed by atoms with Gasteiger partial charge in [-0.2, -0.15) is 4.98 Å². The van der Waals surface area contributed by atoms with Crippen LogP contribution >= 0.6 is 0 Å². The molecule has 2 aromatic rings. The van der Waals surface area contributed by atoms with Gasteiger partial charge in [-0.3, -0.25) is 4.90 Å². The van der Waals surface area contributed by atoms with Crippen LogP contribution in [0.15, 0.2) is 34.9 Å². The lowest BCUT2D eigenvalue weighted by atomic mass is 9.88. The van der Waals surface area contributed by atoms with Crippen molar-refractivity contribution in [3.05, 3.63) is 47.6 Å². The van der Waals surface area contributed by atoms with Crippen LogP contribution in [0.3, 0.4) is 0 Å². The Hall–Kier alpha value is -1.76. The van der Waals surface area contributed by atoms with E-state index < -0.39 is 0 Å². The summed E-state index contributed by atoms with van der Waals surface area (Å²) in [5, 5.41) is 14.5. The molecule has 1 aliphatic rings. The Labute approximate surface area is 142 Å². The second-order valence-corrected chi connectivity index (χ2v) is 6.41. The summed E-state index contributed by atoms with van der Waals surface area (Å²) in [5.41, 5.74) is 1.20. The number of rotatable bonds is 7. The highest BCUT2D eigenvalue weighted by atomic mass is 16.5. The first kappa shape index (κ1) is 17.1. The van der Waals surface area contributed by atoms with Crippen LogP contribution in [-0.4, -0.2) is 46.5 Å². The monoisotopic (exact) mass is 331 g/mol. The van der Waals surface area contributed by atoms with Crippen LogP contribution < -0.4 is 0 Å². The molecular weight excluding hydrogens is 306 g/mol. The number of piperidine rings is 1. The SMILES string of the molecule is COCc1nc(CN2CCC([C@@H](O)Cc3ccccc3)CC2)no1. The lowest BCUT2D eigenvalue weighted by Crippen LogP contribution is -2.38. The molecule has 1 fully saturated rings. The maximum atomic E-state index is 10.5. The zero-order chi connectivity index (χ0) is 16.8. The highest BCUT2D eigenvalue weighted by Gasteiger charge is 2.26. The van der Waals surface area contributed by atoms with Gasteiger partial charge in [-0.05, 0) is 43.8 Å². The molecule has 1 aromatic carbocycles. The molecule has 0 aliphatic carbocycles. The number of aliphatic hydroxyl groups excluding tert-OH is 1. The van der Waals surface area contributed by atoms with Gasteiger partial charge < -0.3 is 14.4 Å². The summed E-state index contributed by atoms with van der Waals surface area (Å²) in [6, 6.07) is 10.2. The Kier molecular flexibility index (Phi) is 5.96. The summed E-state index contributed by atoms with van der Waals surface area (Å²) in [6.07, 6.45) is 2.46. The molecule has 130 valence electrons. The van der Waals surface area contributed by atoms with Crippen molar-refractivity contribution in [3.63, 3.8) is 0 Å². The van der Waals surface area contributed by atoms with E-state index in [0.29, 0.717) is 30.8 Å².